The summed E-state index contributed by atoms with van der Waals surface area (Å²) in [6.45, 7) is 12.9. The van der Waals surface area contributed by atoms with Gasteiger partial charge in [-0.25, -0.2) is 9.83 Å². The van der Waals surface area contributed by atoms with Crippen LogP contribution < -0.4 is 0 Å². The van der Waals surface area contributed by atoms with Crippen molar-refractivity contribution in [3.63, 3.8) is 0 Å². The molecule has 2 saturated heterocycles. The Kier molecular flexibility index (Phi) is 5.25. The standard InChI is InChI=1S/C25H26N4OS/c1-18(20-5-8-23-22(13-20)27-17-31-23)28-11-9-25(10-12-28)14-24(30)29(16-25)15-19-3-6-21(26-2)7-4-19/h3-8,13,17-18H,9-12,14-16H2,1H3. The summed E-state index contributed by atoms with van der Waals surface area (Å²) in [5.74, 6) is 0.268. The zero-order chi connectivity index (χ0) is 21.4. The molecule has 6 heteroatoms. The quantitative estimate of drug-likeness (QED) is 0.519. The van der Waals surface area contributed by atoms with Gasteiger partial charge in [-0.3, -0.25) is 9.69 Å². The number of fused-ring (bicyclic) bond motifs is 1. The van der Waals surface area contributed by atoms with Crippen LogP contribution in [0.15, 0.2) is 48.0 Å². The molecular formula is C25H26N4OS. The molecule has 1 aromatic heterocycles. The maximum Gasteiger partial charge on any atom is 0.223 e. The summed E-state index contributed by atoms with van der Waals surface area (Å²) in [5.41, 5.74) is 6.17. The lowest BCUT2D eigenvalue weighted by Gasteiger charge is -2.41. The topological polar surface area (TPSA) is 40.8 Å². The zero-order valence-electron chi connectivity index (χ0n) is 17.8. The predicted molar refractivity (Wildman–Crippen MR) is 124 cm³/mol. The molecule has 158 valence electrons. The molecule has 5 rings (SSSR count). The van der Waals surface area contributed by atoms with Crippen molar-refractivity contribution in [2.24, 2.45) is 5.41 Å². The van der Waals surface area contributed by atoms with Gasteiger partial charge in [-0.2, -0.15) is 0 Å². The number of rotatable bonds is 4. The minimum atomic E-state index is 0.114. The molecule has 2 aliphatic rings. The Hall–Kier alpha value is -2.75. The summed E-state index contributed by atoms with van der Waals surface area (Å²) in [7, 11) is 0. The van der Waals surface area contributed by atoms with Crippen LogP contribution in [0.25, 0.3) is 15.1 Å². The summed E-state index contributed by atoms with van der Waals surface area (Å²) in [4.78, 5) is 25.2. The monoisotopic (exact) mass is 430 g/mol. The molecule has 3 aromatic rings. The number of carbonyl (C=O) groups excluding carboxylic acids is 1. The second kappa shape index (κ2) is 8.07. The van der Waals surface area contributed by atoms with Gasteiger partial charge in [-0.15, -0.1) is 11.3 Å². The van der Waals surface area contributed by atoms with Crippen molar-refractivity contribution in [3.05, 3.63) is 70.5 Å². The number of benzene rings is 2. The fourth-order valence-corrected chi connectivity index (χ4v) is 5.75. The lowest BCUT2D eigenvalue weighted by molar-refractivity contribution is -0.128. The first-order valence-electron chi connectivity index (χ1n) is 10.9. The fraction of sp³-hybridized carbons (Fsp3) is 0.400. The number of likely N-dealkylation sites (tertiary alicyclic amines) is 2. The van der Waals surface area contributed by atoms with Gasteiger partial charge in [0.05, 0.1) is 22.3 Å². The number of thiazole rings is 1. The molecule has 0 saturated carbocycles. The van der Waals surface area contributed by atoms with E-state index in [9.17, 15) is 4.79 Å². The molecular weight excluding hydrogens is 404 g/mol. The van der Waals surface area contributed by atoms with Crippen LogP contribution in [0.5, 0.6) is 0 Å². The van der Waals surface area contributed by atoms with E-state index in [1.54, 1.807) is 11.3 Å². The largest absolute Gasteiger partial charge is 0.338 e. The number of hydrogen-bond acceptors (Lipinski definition) is 4. The molecule has 0 bridgehead atoms. The molecule has 1 spiro atoms. The molecule has 0 radical (unpaired) electrons. The van der Waals surface area contributed by atoms with Gasteiger partial charge in [-0.05, 0) is 61.5 Å². The molecule has 5 nitrogen and oxygen atoms in total. The van der Waals surface area contributed by atoms with Crippen LogP contribution in [-0.2, 0) is 11.3 Å². The van der Waals surface area contributed by atoms with E-state index in [4.69, 9.17) is 6.57 Å². The fourth-order valence-electron chi connectivity index (χ4n) is 5.09. The molecule has 3 heterocycles. The average molecular weight is 431 g/mol. The lowest BCUT2D eigenvalue weighted by Crippen LogP contribution is -2.42. The van der Waals surface area contributed by atoms with Crippen LogP contribution >= 0.6 is 11.3 Å². The van der Waals surface area contributed by atoms with Crippen molar-refractivity contribution in [3.8, 4) is 0 Å². The highest BCUT2D eigenvalue weighted by atomic mass is 32.1. The van der Waals surface area contributed by atoms with Crippen molar-refractivity contribution in [2.45, 2.75) is 38.8 Å². The van der Waals surface area contributed by atoms with Gasteiger partial charge in [0.2, 0.25) is 5.91 Å². The van der Waals surface area contributed by atoms with E-state index >= 15 is 0 Å². The van der Waals surface area contributed by atoms with Gasteiger partial charge in [0.15, 0.2) is 5.69 Å². The number of nitrogens with zero attached hydrogens (tertiary/aromatic N) is 4. The number of aromatic nitrogens is 1. The highest BCUT2D eigenvalue weighted by Gasteiger charge is 2.45. The van der Waals surface area contributed by atoms with Gasteiger partial charge in [-0.1, -0.05) is 30.3 Å². The van der Waals surface area contributed by atoms with E-state index < -0.39 is 0 Å². The van der Waals surface area contributed by atoms with Crippen LogP contribution in [0, 0.1) is 12.0 Å². The summed E-state index contributed by atoms with van der Waals surface area (Å²) in [5, 5.41) is 0. The Balaban J connectivity index is 1.22. The van der Waals surface area contributed by atoms with Gasteiger partial charge in [0.25, 0.3) is 0 Å². The molecule has 0 N–H and O–H groups in total. The van der Waals surface area contributed by atoms with E-state index in [-0.39, 0.29) is 11.3 Å². The van der Waals surface area contributed by atoms with Crippen molar-refractivity contribution in [2.75, 3.05) is 19.6 Å². The third kappa shape index (κ3) is 3.96. The van der Waals surface area contributed by atoms with Gasteiger partial charge >= 0.3 is 0 Å². The molecule has 2 aliphatic heterocycles. The van der Waals surface area contributed by atoms with Crippen molar-refractivity contribution in [1.82, 2.24) is 14.8 Å². The number of hydrogen-bond donors (Lipinski definition) is 0. The second-order valence-electron chi connectivity index (χ2n) is 9.00. The Morgan fingerprint density at radius 3 is 2.71 bits per heavy atom. The number of piperidine rings is 1. The smallest absolute Gasteiger partial charge is 0.223 e. The first kappa shape index (κ1) is 20.2. The molecule has 31 heavy (non-hydrogen) atoms. The maximum absolute atomic E-state index is 12.8. The predicted octanol–water partition coefficient (Wildman–Crippen LogP) is 5.42. The van der Waals surface area contributed by atoms with E-state index in [1.807, 2.05) is 34.7 Å². The molecule has 1 atom stereocenters. The lowest BCUT2D eigenvalue weighted by atomic mass is 9.77. The summed E-state index contributed by atoms with van der Waals surface area (Å²) >= 11 is 1.68. The van der Waals surface area contributed by atoms with Crippen LogP contribution in [0.1, 0.15) is 43.4 Å². The summed E-state index contributed by atoms with van der Waals surface area (Å²) < 4.78 is 1.24. The van der Waals surface area contributed by atoms with Crippen LogP contribution in [0.2, 0.25) is 0 Å². The number of amides is 1. The van der Waals surface area contributed by atoms with Gasteiger partial charge in [0, 0.05) is 25.6 Å². The molecule has 2 fully saturated rings. The second-order valence-corrected chi connectivity index (χ2v) is 9.88. The minimum Gasteiger partial charge on any atom is -0.338 e. The average Bonchev–Trinajstić information content (AvgIpc) is 3.38. The first-order valence-corrected chi connectivity index (χ1v) is 11.7. The van der Waals surface area contributed by atoms with E-state index in [0.717, 1.165) is 43.6 Å². The summed E-state index contributed by atoms with van der Waals surface area (Å²) in [6, 6.07) is 14.6. The number of carbonyl (C=O) groups is 1. The van der Waals surface area contributed by atoms with Crippen molar-refractivity contribution >= 4 is 33.1 Å². The Labute approximate surface area is 187 Å². The van der Waals surface area contributed by atoms with Gasteiger partial charge < -0.3 is 4.90 Å². The third-order valence-electron chi connectivity index (χ3n) is 7.09. The molecule has 0 aliphatic carbocycles. The molecule has 2 aromatic carbocycles. The van der Waals surface area contributed by atoms with Crippen LogP contribution in [-0.4, -0.2) is 40.3 Å². The Bertz CT molecular complexity index is 1140. The highest BCUT2D eigenvalue weighted by molar-refractivity contribution is 7.16. The normalized spacial score (nSPS) is 19.7. The maximum atomic E-state index is 12.8. The first-order chi connectivity index (χ1) is 15.0. The minimum absolute atomic E-state index is 0.114. The van der Waals surface area contributed by atoms with Crippen molar-refractivity contribution in [1.29, 1.82) is 0 Å². The van der Waals surface area contributed by atoms with E-state index in [0.29, 0.717) is 24.7 Å². The summed E-state index contributed by atoms with van der Waals surface area (Å²) in [6.07, 6.45) is 2.80. The van der Waals surface area contributed by atoms with Crippen LogP contribution in [0.4, 0.5) is 5.69 Å². The highest BCUT2D eigenvalue weighted by Crippen LogP contribution is 2.43. The zero-order valence-corrected chi connectivity index (χ0v) is 18.6. The third-order valence-corrected chi connectivity index (χ3v) is 7.90. The molecule has 1 amide bonds. The van der Waals surface area contributed by atoms with E-state index in [1.165, 1.54) is 10.3 Å². The van der Waals surface area contributed by atoms with Crippen molar-refractivity contribution < 1.29 is 4.79 Å². The Morgan fingerprint density at radius 2 is 1.97 bits per heavy atom. The Morgan fingerprint density at radius 1 is 1.19 bits per heavy atom. The van der Waals surface area contributed by atoms with Crippen LogP contribution in [0.3, 0.4) is 0 Å². The van der Waals surface area contributed by atoms with E-state index in [2.05, 4.69) is 39.9 Å². The molecule has 1 unspecified atom stereocenters. The SMILES string of the molecule is [C-]#[N+]c1ccc(CN2CC3(CCN(C(C)c4ccc5scnc5c4)CC3)CC2=O)cc1. The van der Waals surface area contributed by atoms with Gasteiger partial charge in [0.1, 0.15) is 0 Å².